The molecule has 1 heterocycles. The number of hydrogen-bond donors (Lipinski definition) is 5. The fraction of sp³-hybridized carbons (Fsp3) is 0.423. The van der Waals surface area contributed by atoms with E-state index in [-0.39, 0.29) is 22.3 Å². The van der Waals surface area contributed by atoms with E-state index >= 15 is 0 Å². The molecule has 2 aliphatic carbocycles. The van der Waals surface area contributed by atoms with Gasteiger partial charge in [0.15, 0.2) is 29.8 Å². The lowest BCUT2D eigenvalue weighted by molar-refractivity contribution is -0.294. The van der Waals surface area contributed by atoms with Crippen molar-refractivity contribution >= 4 is 17.3 Å². The quantitative estimate of drug-likeness (QED) is 0.316. The van der Waals surface area contributed by atoms with E-state index in [1.165, 1.54) is 31.2 Å². The molecule has 1 aliphatic heterocycles. The molecule has 1 fully saturated rings. The number of aromatic hydroxyl groups is 2. The maximum Gasteiger partial charge on any atom is 0.198 e. The van der Waals surface area contributed by atoms with E-state index in [0.717, 1.165) is 6.92 Å². The lowest BCUT2D eigenvalue weighted by atomic mass is 9.72. The first-order valence-electron chi connectivity index (χ1n) is 11.7. The van der Waals surface area contributed by atoms with E-state index < -0.39 is 95.3 Å². The molecule has 5 N–H and O–H groups in total. The van der Waals surface area contributed by atoms with E-state index in [2.05, 4.69) is 0 Å². The number of ketones is 3. The van der Waals surface area contributed by atoms with Crippen molar-refractivity contribution in [1.29, 1.82) is 0 Å². The number of hydrogen-bond acceptors (Lipinski definition) is 10. The maximum absolute atomic E-state index is 14.9. The average molecular weight is 516 g/mol. The largest absolute Gasteiger partial charge is 0.507 e. The Morgan fingerprint density at radius 3 is 2.19 bits per heavy atom. The van der Waals surface area contributed by atoms with E-state index in [4.69, 9.17) is 9.47 Å². The van der Waals surface area contributed by atoms with Gasteiger partial charge < -0.3 is 35.0 Å². The van der Waals surface area contributed by atoms with Gasteiger partial charge in [0, 0.05) is 35.1 Å². The first-order valence-corrected chi connectivity index (χ1v) is 11.7. The number of rotatable bonds is 3. The average Bonchev–Trinajstić information content (AvgIpc) is 2.86. The summed E-state index contributed by atoms with van der Waals surface area (Å²) in [4.78, 5) is 38.9. The number of benzene rings is 2. The van der Waals surface area contributed by atoms with Gasteiger partial charge in [0.2, 0.25) is 0 Å². The van der Waals surface area contributed by atoms with Crippen molar-refractivity contribution in [2.24, 2.45) is 0 Å². The van der Waals surface area contributed by atoms with Crippen LogP contribution in [0.15, 0.2) is 24.3 Å². The number of Topliss-reactive ketones (excluding diaryl/α,β-unsaturated/α-hetero) is 1. The van der Waals surface area contributed by atoms with Gasteiger partial charge in [-0.25, -0.2) is 4.39 Å². The highest BCUT2D eigenvalue weighted by Crippen LogP contribution is 2.52. The molecule has 0 radical (unpaired) electrons. The molecule has 3 aliphatic rings. The van der Waals surface area contributed by atoms with Crippen molar-refractivity contribution in [3.63, 3.8) is 0 Å². The highest BCUT2D eigenvalue weighted by Gasteiger charge is 2.51. The van der Waals surface area contributed by atoms with Crippen molar-refractivity contribution in [1.82, 2.24) is 0 Å². The topological polar surface area (TPSA) is 171 Å². The van der Waals surface area contributed by atoms with Gasteiger partial charge in [-0.3, -0.25) is 14.4 Å². The highest BCUT2D eigenvalue weighted by molar-refractivity contribution is 6.30. The molecular formula is C26H25FO10. The zero-order chi connectivity index (χ0) is 27.0. The second kappa shape index (κ2) is 8.67. The molecule has 37 heavy (non-hydrogen) atoms. The molecule has 10 nitrogen and oxygen atoms in total. The minimum atomic E-state index is -2.24. The third-order valence-corrected chi connectivity index (χ3v) is 7.49. The molecule has 196 valence electrons. The van der Waals surface area contributed by atoms with Crippen LogP contribution in [-0.2, 0) is 20.7 Å². The molecule has 0 saturated carbocycles. The van der Waals surface area contributed by atoms with Gasteiger partial charge in [-0.15, -0.1) is 0 Å². The number of alkyl halides is 1. The predicted molar refractivity (Wildman–Crippen MR) is 122 cm³/mol. The summed E-state index contributed by atoms with van der Waals surface area (Å²) in [6.45, 7) is 2.47. The van der Waals surface area contributed by atoms with E-state index in [1.54, 1.807) is 0 Å². The summed E-state index contributed by atoms with van der Waals surface area (Å²) in [5, 5.41) is 53.5. The van der Waals surface area contributed by atoms with Crippen LogP contribution in [0.25, 0.3) is 0 Å². The number of phenolic OH excluding ortho intramolecular Hbond substituents is 2. The molecule has 2 aromatic carbocycles. The number of aliphatic hydroxyl groups is 3. The van der Waals surface area contributed by atoms with Gasteiger partial charge in [0.25, 0.3) is 0 Å². The molecule has 1 saturated heterocycles. The van der Waals surface area contributed by atoms with Crippen LogP contribution in [0.4, 0.5) is 4.39 Å². The summed E-state index contributed by atoms with van der Waals surface area (Å²) in [7, 11) is 0. The number of aliphatic hydroxyl groups excluding tert-OH is 2. The molecular weight excluding hydrogens is 491 g/mol. The van der Waals surface area contributed by atoms with Crippen LogP contribution >= 0.6 is 0 Å². The van der Waals surface area contributed by atoms with Crippen LogP contribution in [0, 0.1) is 0 Å². The maximum atomic E-state index is 14.9. The molecule has 7 atom stereocenters. The zero-order valence-corrected chi connectivity index (χ0v) is 19.8. The zero-order valence-electron chi connectivity index (χ0n) is 19.8. The summed E-state index contributed by atoms with van der Waals surface area (Å²) in [6.07, 6.45) is -11.0. The van der Waals surface area contributed by atoms with Crippen LogP contribution in [0.3, 0.4) is 0 Å². The first kappa shape index (κ1) is 25.4. The molecule has 0 bridgehead atoms. The monoisotopic (exact) mass is 516 g/mol. The lowest BCUT2D eigenvalue weighted by Gasteiger charge is -2.42. The third-order valence-electron chi connectivity index (χ3n) is 7.49. The Kier molecular flexibility index (Phi) is 5.96. The van der Waals surface area contributed by atoms with Crippen molar-refractivity contribution in [3.05, 3.63) is 57.6 Å². The smallest absolute Gasteiger partial charge is 0.198 e. The van der Waals surface area contributed by atoms with E-state index in [9.17, 15) is 44.3 Å². The van der Waals surface area contributed by atoms with Gasteiger partial charge in [-0.05, 0) is 13.8 Å². The SMILES string of the molecule is CC(=O)[C@]1(O)Cc2c(O)c3c(c(O)c2[C@@H](O[C@@H]2O[C@@H](C)[C@@H](O)[C@@H](O)[C@H]2F)C1)C(=O)c1ccccc1C3=O. The second-order valence-electron chi connectivity index (χ2n) is 9.77. The summed E-state index contributed by atoms with van der Waals surface area (Å²) in [6, 6.07) is 5.86. The summed E-state index contributed by atoms with van der Waals surface area (Å²) < 4.78 is 26.0. The number of carbonyl (C=O) groups excluding carboxylic acids is 3. The van der Waals surface area contributed by atoms with E-state index in [0.29, 0.717) is 0 Å². The predicted octanol–water partition coefficient (Wildman–Crippen LogP) is 1.00. The van der Waals surface area contributed by atoms with E-state index in [1.807, 2.05) is 0 Å². The van der Waals surface area contributed by atoms with Crippen molar-refractivity contribution in [2.75, 3.05) is 0 Å². The minimum Gasteiger partial charge on any atom is -0.507 e. The summed E-state index contributed by atoms with van der Waals surface area (Å²) in [5.74, 6) is -3.63. The van der Waals surface area contributed by atoms with Crippen molar-refractivity contribution < 1.29 is 53.8 Å². The van der Waals surface area contributed by atoms with Crippen molar-refractivity contribution in [3.8, 4) is 11.5 Å². The number of halogens is 1. The molecule has 2 aromatic rings. The van der Waals surface area contributed by atoms with Crippen LogP contribution in [0.1, 0.15) is 69.3 Å². The molecule has 0 spiro atoms. The summed E-state index contributed by atoms with van der Waals surface area (Å²) >= 11 is 0. The lowest BCUT2D eigenvalue weighted by Crippen LogP contribution is -2.56. The summed E-state index contributed by atoms with van der Waals surface area (Å²) in [5.41, 5.74) is -3.51. The van der Waals surface area contributed by atoms with Crippen LogP contribution in [0.2, 0.25) is 0 Å². The molecule has 0 unspecified atom stereocenters. The van der Waals surface area contributed by atoms with Gasteiger partial charge in [-0.2, -0.15) is 0 Å². The highest BCUT2D eigenvalue weighted by atomic mass is 19.1. The fourth-order valence-corrected chi connectivity index (χ4v) is 5.33. The van der Waals surface area contributed by atoms with Crippen LogP contribution in [-0.4, -0.2) is 79.3 Å². The normalized spacial score (nSPS) is 32.9. The Balaban J connectivity index is 1.68. The van der Waals surface area contributed by atoms with Crippen LogP contribution in [0.5, 0.6) is 11.5 Å². The first-order chi connectivity index (χ1) is 17.4. The minimum absolute atomic E-state index is 0.00791. The number of phenols is 2. The third kappa shape index (κ3) is 3.69. The number of ether oxygens (including phenoxy) is 2. The Morgan fingerprint density at radius 1 is 1.05 bits per heavy atom. The van der Waals surface area contributed by atoms with Gasteiger partial charge in [-0.1, -0.05) is 24.3 Å². The number of carbonyl (C=O) groups is 3. The van der Waals surface area contributed by atoms with Crippen molar-refractivity contribution in [2.45, 2.75) is 69.2 Å². The Morgan fingerprint density at radius 2 is 1.62 bits per heavy atom. The molecule has 11 heteroatoms. The van der Waals surface area contributed by atoms with Gasteiger partial charge >= 0.3 is 0 Å². The Labute approximate surface area is 209 Å². The molecule has 5 rings (SSSR count). The van der Waals surface area contributed by atoms with Gasteiger partial charge in [0.05, 0.1) is 23.3 Å². The van der Waals surface area contributed by atoms with Gasteiger partial charge in [0.1, 0.15) is 29.3 Å². The molecule has 0 amide bonds. The fourth-order valence-electron chi connectivity index (χ4n) is 5.33. The molecule has 0 aromatic heterocycles. The number of fused-ring (bicyclic) bond motifs is 3. The Hall–Kier alpha value is -3.22. The van der Waals surface area contributed by atoms with Crippen LogP contribution < -0.4 is 0 Å². The standard InChI is InChI=1S/C26H25FO10/c1-9-19(29)24(34)18(27)25(36-9)37-14-8-26(35,10(2)28)7-13-15(14)23(33)17-16(22(13)32)20(30)11-5-3-4-6-12(11)21(17)31/h3-6,9,14,18-19,24-25,29,32-35H,7-8H2,1-2H3/t9-,14-,18+,19+,24-,25-,26-/m0/s1. The Bertz CT molecular complexity index is 1340. The second-order valence-corrected chi connectivity index (χ2v) is 9.77.